The molecule has 0 amide bonds. The topological polar surface area (TPSA) is 67.1 Å². The standard InChI is InChI=1S/C28H27N3O2/c32-28(33)22-14-16-23(17-15-22)31-27-24(13-7-8-18-29-27)26(30-31)19-25(20-9-3-1-4-10-20)21-11-5-2-6-12-21/h1-6,9-12,14-17,25,29H,7-8,13,18-19H2,(H,32,33). The fraction of sp³-hybridized carbons (Fsp3) is 0.214. The lowest BCUT2D eigenvalue weighted by Gasteiger charge is -2.18. The quantitative estimate of drug-likeness (QED) is 0.406. The van der Waals surface area contributed by atoms with Crippen LogP contribution < -0.4 is 5.32 Å². The normalized spacial score (nSPS) is 13.2. The van der Waals surface area contributed by atoms with E-state index in [1.807, 2.05) is 16.8 Å². The fourth-order valence-corrected chi connectivity index (χ4v) is 4.66. The van der Waals surface area contributed by atoms with Crippen LogP contribution in [-0.4, -0.2) is 27.4 Å². The maximum Gasteiger partial charge on any atom is 0.335 e. The molecule has 3 aromatic carbocycles. The first-order chi connectivity index (χ1) is 16.2. The van der Waals surface area contributed by atoms with E-state index in [1.165, 1.54) is 16.7 Å². The zero-order valence-corrected chi connectivity index (χ0v) is 18.4. The number of aromatic nitrogens is 2. The maximum atomic E-state index is 11.3. The summed E-state index contributed by atoms with van der Waals surface area (Å²) in [6, 6.07) is 28.2. The van der Waals surface area contributed by atoms with Crippen molar-refractivity contribution in [3.05, 3.63) is 113 Å². The van der Waals surface area contributed by atoms with Gasteiger partial charge in [0.05, 0.1) is 16.9 Å². The van der Waals surface area contributed by atoms with Gasteiger partial charge in [0.1, 0.15) is 5.82 Å². The van der Waals surface area contributed by atoms with Crippen molar-refractivity contribution in [3.8, 4) is 5.69 Å². The number of fused-ring (bicyclic) bond motifs is 1. The van der Waals surface area contributed by atoms with Crippen molar-refractivity contribution in [1.82, 2.24) is 9.78 Å². The van der Waals surface area contributed by atoms with Crippen molar-refractivity contribution in [2.45, 2.75) is 31.6 Å². The summed E-state index contributed by atoms with van der Waals surface area (Å²) in [6.07, 6.45) is 4.03. The number of rotatable bonds is 6. The third-order valence-electron chi connectivity index (χ3n) is 6.37. The fourth-order valence-electron chi connectivity index (χ4n) is 4.66. The lowest BCUT2D eigenvalue weighted by molar-refractivity contribution is 0.0697. The number of nitrogens with one attached hydrogen (secondary N) is 1. The van der Waals surface area contributed by atoms with Crippen molar-refractivity contribution in [1.29, 1.82) is 0 Å². The second-order valence-electron chi connectivity index (χ2n) is 8.50. The summed E-state index contributed by atoms with van der Waals surface area (Å²) in [5.41, 5.74) is 6.07. The molecule has 1 aliphatic heterocycles. The average Bonchev–Trinajstić information content (AvgIpc) is 3.02. The molecule has 0 saturated heterocycles. The van der Waals surface area contributed by atoms with Gasteiger partial charge >= 0.3 is 5.97 Å². The largest absolute Gasteiger partial charge is 0.478 e. The Balaban J connectivity index is 1.58. The SMILES string of the molecule is O=C(O)c1ccc(-n2nc(CC(c3ccccc3)c3ccccc3)c3c2NCCCC3)cc1. The molecule has 5 nitrogen and oxygen atoms in total. The van der Waals surface area contributed by atoms with Crippen molar-refractivity contribution < 1.29 is 9.90 Å². The number of anilines is 1. The molecule has 0 bridgehead atoms. The van der Waals surface area contributed by atoms with E-state index in [-0.39, 0.29) is 11.5 Å². The van der Waals surface area contributed by atoms with Crippen LogP contribution >= 0.6 is 0 Å². The number of carboxylic acids is 1. The molecule has 2 N–H and O–H groups in total. The molecular formula is C28H27N3O2. The molecule has 4 aromatic rings. The Labute approximate surface area is 193 Å². The van der Waals surface area contributed by atoms with Gasteiger partial charge in [-0.25, -0.2) is 9.48 Å². The van der Waals surface area contributed by atoms with Gasteiger partial charge in [0.2, 0.25) is 0 Å². The first-order valence-electron chi connectivity index (χ1n) is 11.5. The Kier molecular flexibility index (Phi) is 5.94. The highest BCUT2D eigenvalue weighted by atomic mass is 16.4. The molecule has 166 valence electrons. The minimum Gasteiger partial charge on any atom is -0.478 e. The Morgan fingerprint density at radius 1 is 0.909 bits per heavy atom. The Morgan fingerprint density at radius 3 is 2.15 bits per heavy atom. The van der Waals surface area contributed by atoms with Crippen molar-refractivity contribution in [2.24, 2.45) is 0 Å². The van der Waals surface area contributed by atoms with Crippen LogP contribution in [-0.2, 0) is 12.8 Å². The smallest absolute Gasteiger partial charge is 0.335 e. The van der Waals surface area contributed by atoms with Crippen LogP contribution in [0.1, 0.15) is 51.5 Å². The molecule has 0 atom stereocenters. The first-order valence-corrected chi connectivity index (χ1v) is 11.5. The van der Waals surface area contributed by atoms with Crippen LogP contribution in [0.25, 0.3) is 5.69 Å². The zero-order valence-electron chi connectivity index (χ0n) is 18.4. The second kappa shape index (κ2) is 9.33. The highest BCUT2D eigenvalue weighted by molar-refractivity contribution is 5.87. The maximum absolute atomic E-state index is 11.3. The summed E-state index contributed by atoms with van der Waals surface area (Å²) in [5.74, 6) is 0.316. The highest BCUT2D eigenvalue weighted by Crippen LogP contribution is 2.34. The lowest BCUT2D eigenvalue weighted by Crippen LogP contribution is -2.08. The third-order valence-corrected chi connectivity index (χ3v) is 6.37. The lowest BCUT2D eigenvalue weighted by atomic mass is 9.86. The number of carboxylic acid groups (broad SMARTS) is 1. The van der Waals surface area contributed by atoms with E-state index in [4.69, 9.17) is 5.10 Å². The van der Waals surface area contributed by atoms with Crippen molar-refractivity contribution in [3.63, 3.8) is 0 Å². The van der Waals surface area contributed by atoms with E-state index in [0.29, 0.717) is 0 Å². The predicted molar refractivity (Wildman–Crippen MR) is 130 cm³/mol. The van der Waals surface area contributed by atoms with Crippen LogP contribution in [0.2, 0.25) is 0 Å². The van der Waals surface area contributed by atoms with Crippen LogP contribution in [0.3, 0.4) is 0 Å². The predicted octanol–water partition coefficient (Wildman–Crippen LogP) is 5.69. The molecule has 0 unspecified atom stereocenters. The van der Waals surface area contributed by atoms with E-state index in [2.05, 4.69) is 66.0 Å². The second-order valence-corrected chi connectivity index (χ2v) is 8.50. The Hall–Kier alpha value is -3.86. The molecule has 33 heavy (non-hydrogen) atoms. The third kappa shape index (κ3) is 4.40. The summed E-state index contributed by atoms with van der Waals surface area (Å²) in [5, 5.41) is 17.9. The molecule has 1 aromatic heterocycles. The molecular weight excluding hydrogens is 410 g/mol. The average molecular weight is 438 g/mol. The van der Waals surface area contributed by atoms with Gasteiger partial charge in [-0.05, 0) is 54.7 Å². The van der Waals surface area contributed by atoms with Gasteiger partial charge < -0.3 is 10.4 Å². The van der Waals surface area contributed by atoms with Crippen molar-refractivity contribution >= 4 is 11.8 Å². The molecule has 5 heteroatoms. The highest BCUT2D eigenvalue weighted by Gasteiger charge is 2.24. The molecule has 2 heterocycles. The summed E-state index contributed by atoms with van der Waals surface area (Å²) in [4.78, 5) is 11.3. The van der Waals surface area contributed by atoms with Gasteiger partial charge in [0, 0.05) is 24.4 Å². The van der Waals surface area contributed by atoms with Crippen LogP contribution in [0.4, 0.5) is 5.82 Å². The summed E-state index contributed by atoms with van der Waals surface area (Å²) in [6.45, 7) is 0.909. The van der Waals surface area contributed by atoms with Crippen LogP contribution in [0.15, 0.2) is 84.9 Å². The van der Waals surface area contributed by atoms with E-state index in [1.54, 1.807) is 12.1 Å². The summed E-state index contributed by atoms with van der Waals surface area (Å²) in [7, 11) is 0. The van der Waals surface area contributed by atoms with E-state index in [9.17, 15) is 9.90 Å². The summed E-state index contributed by atoms with van der Waals surface area (Å²) >= 11 is 0. The molecule has 1 aliphatic rings. The van der Waals surface area contributed by atoms with Gasteiger partial charge in [0.25, 0.3) is 0 Å². The Bertz CT molecular complexity index is 1190. The number of nitrogens with zero attached hydrogens (tertiary/aromatic N) is 2. The number of hydrogen-bond donors (Lipinski definition) is 2. The van der Waals surface area contributed by atoms with Crippen LogP contribution in [0, 0.1) is 0 Å². The first kappa shape index (κ1) is 21.0. The number of hydrogen-bond acceptors (Lipinski definition) is 3. The minimum atomic E-state index is -0.923. The van der Waals surface area contributed by atoms with Crippen molar-refractivity contribution in [2.75, 3.05) is 11.9 Å². The molecule has 5 rings (SSSR count). The van der Waals surface area contributed by atoms with E-state index >= 15 is 0 Å². The van der Waals surface area contributed by atoms with Gasteiger partial charge in [-0.3, -0.25) is 0 Å². The van der Waals surface area contributed by atoms with E-state index in [0.717, 1.165) is 49.4 Å². The number of carbonyl (C=O) groups is 1. The molecule has 0 aliphatic carbocycles. The Morgan fingerprint density at radius 2 is 1.55 bits per heavy atom. The summed E-state index contributed by atoms with van der Waals surface area (Å²) < 4.78 is 1.95. The number of benzene rings is 3. The molecule has 0 radical (unpaired) electrons. The molecule has 0 spiro atoms. The molecule has 0 fully saturated rings. The number of aromatic carboxylic acids is 1. The van der Waals surface area contributed by atoms with Gasteiger partial charge in [0.15, 0.2) is 0 Å². The minimum absolute atomic E-state index is 0.206. The zero-order chi connectivity index (χ0) is 22.6. The monoisotopic (exact) mass is 437 g/mol. The van der Waals surface area contributed by atoms with Gasteiger partial charge in [-0.2, -0.15) is 5.10 Å². The molecule has 0 saturated carbocycles. The van der Waals surface area contributed by atoms with Gasteiger partial charge in [-0.15, -0.1) is 0 Å². The van der Waals surface area contributed by atoms with E-state index < -0.39 is 5.97 Å². The van der Waals surface area contributed by atoms with Gasteiger partial charge in [-0.1, -0.05) is 60.7 Å². The van der Waals surface area contributed by atoms with Crippen LogP contribution in [0.5, 0.6) is 0 Å².